The summed E-state index contributed by atoms with van der Waals surface area (Å²) in [4.78, 5) is 0. The summed E-state index contributed by atoms with van der Waals surface area (Å²) in [5.74, 6) is 0.819. The lowest BCUT2D eigenvalue weighted by Gasteiger charge is -2.05. The van der Waals surface area contributed by atoms with Gasteiger partial charge in [0.25, 0.3) is 0 Å². The third kappa shape index (κ3) is 1.64. The summed E-state index contributed by atoms with van der Waals surface area (Å²) >= 11 is 5.75. The summed E-state index contributed by atoms with van der Waals surface area (Å²) in [7, 11) is 0. The van der Waals surface area contributed by atoms with Crippen molar-refractivity contribution >= 4 is 17.3 Å². The highest BCUT2D eigenvalue weighted by molar-refractivity contribution is 6.33. The summed E-state index contributed by atoms with van der Waals surface area (Å²) in [6.45, 7) is 0. The fraction of sp³-hybridized carbons (Fsp3) is 0.333. The van der Waals surface area contributed by atoms with E-state index in [-0.39, 0.29) is 0 Å². The minimum Gasteiger partial charge on any atom is -0.490 e. The largest absolute Gasteiger partial charge is 0.490 e. The van der Waals surface area contributed by atoms with Crippen LogP contribution in [-0.2, 0) is 0 Å². The molecule has 2 rings (SSSR count). The van der Waals surface area contributed by atoms with Gasteiger partial charge in [0.1, 0.15) is 5.75 Å². The Kier molecular flexibility index (Phi) is 1.85. The van der Waals surface area contributed by atoms with E-state index in [4.69, 9.17) is 22.1 Å². The van der Waals surface area contributed by atoms with Crippen molar-refractivity contribution in [2.75, 3.05) is 5.73 Å². The lowest BCUT2D eigenvalue weighted by molar-refractivity contribution is 0.303. The number of nitrogen functional groups attached to an aromatic ring is 1. The number of rotatable bonds is 2. The minimum atomic E-state index is 0.408. The second kappa shape index (κ2) is 2.87. The van der Waals surface area contributed by atoms with Crippen molar-refractivity contribution in [3.63, 3.8) is 0 Å². The lowest BCUT2D eigenvalue weighted by atomic mass is 10.3. The van der Waals surface area contributed by atoms with E-state index in [9.17, 15) is 0 Å². The zero-order valence-corrected chi connectivity index (χ0v) is 7.34. The molecule has 0 aromatic heterocycles. The fourth-order valence-electron chi connectivity index (χ4n) is 0.973. The molecule has 0 heterocycles. The van der Waals surface area contributed by atoms with Gasteiger partial charge in [0.2, 0.25) is 0 Å². The Morgan fingerprint density at radius 1 is 1.42 bits per heavy atom. The Labute approximate surface area is 76.3 Å². The Morgan fingerprint density at radius 2 is 2.17 bits per heavy atom. The van der Waals surface area contributed by atoms with Crippen LogP contribution in [0.15, 0.2) is 18.2 Å². The summed E-state index contributed by atoms with van der Waals surface area (Å²) in [6.07, 6.45) is 2.72. The van der Waals surface area contributed by atoms with Crippen molar-refractivity contribution in [3.05, 3.63) is 23.2 Å². The molecular formula is C9H10ClNO. The highest BCUT2D eigenvalue weighted by Gasteiger charge is 2.23. The minimum absolute atomic E-state index is 0.408. The van der Waals surface area contributed by atoms with Gasteiger partial charge in [0.05, 0.1) is 16.8 Å². The first-order valence-electron chi connectivity index (χ1n) is 3.97. The van der Waals surface area contributed by atoms with Crippen LogP contribution in [0, 0.1) is 0 Å². The molecule has 0 atom stereocenters. The number of benzene rings is 1. The molecule has 0 spiro atoms. The SMILES string of the molecule is Nc1cc(OC2CC2)ccc1Cl. The first-order valence-corrected chi connectivity index (χ1v) is 4.35. The summed E-state index contributed by atoms with van der Waals surface area (Å²) in [5, 5.41) is 0.582. The van der Waals surface area contributed by atoms with Gasteiger partial charge in [0.15, 0.2) is 0 Å². The molecule has 1 fully saturated rings. The smallest absolute Gasteiger partial charge is 0.121 e. The van der Waals surface area contributed by atoms with Crippen molar-refractivity contribution in [1.29, 1.82) is 0 Å². The standard InChI is InChI=1S/C9H10ClNO/c10-8-4-3-7(5-9(8)11)12-6-1-2-6/h3-6H,1-2,11H2. The predicted octanol–water partition coefficient (Wildman–Crippen LogP) is 2.46. The monoisotopic (exact) mass is 183 g/mol. The van der Waals surface area contributed by atoms with Crippen LogP contribution in [0.5, 0.6) is 5.75 Å². The number of ether oxygens (including phenoxy) is 1. The Hall–Kier alpha value is -0.890. The van der Waals surface area contributed by atoms with Gasteiger partial charge in [-0.1, -0.05) is 11.6 Å². The molecule has 64 valence electrons. The van der Waals surface area contributed by atoms with E-state index in [2.05, 4.69) is 0 Å². The molecule has 3 heteroatoms. The van der Waals surface area contributed by atoms with Crippen molar-refractivity contribution < 1.29 is 4.74 Å². The van der Waals surface area contributed by atoms with Crippen molar-refractivity contribution in [3.8, 4) is 5.75 Å². The Bertz CT molecular complexity index is 297. The van der Waals surface area contributed by atoms with Gasteiger partial charge < -0.3 is 10.5 Å². The number of anilines is 1. The number of halogens is 1. The third-order valence-corrected chi connectivity index (χ3v) is 2.14. The maximum Gasteiger partial charge on any atom is 0.121 e. The molecule has 0 radical (unpaired) electrons. The first-order chi connectivity index (χ1) is 5.75. The van der Waals surface area contributed by atoms with Gasteiger partial charge in [-0.25, -0.2) is 0 Å². The van der Waals surface area contributed by atoms with Crippen LogP contribution in [0.1, 0.15) is 12.8 Å². The molecule has 0 amide bonds. The zero-order valence-electron chi connectivity index (χ0n) is 6.59. The van der Waals surface area contributed by atoms with E-state index in [1.807, 2.05) is 6.07 Å². The number of nitrogens with two attached hydrogens (primary N) is 1. The molecule has 1 aromatic carbocycles. The average Bonchev–Trinajstić information content (AvgIpc) is 2.81. The molecular weight excluding hydrogens is 174 g/mol. The second-order valence-electron chi connectivity index (χ2n) is 3.00. The van der Waals surface area contributed by atoms with E-state index in [1.54, 1.807) is 12.1 Å². The van der Waals surface area contributed by atoms with Crippen molar-refractivity contribution in [2.24, 2.45) is 0 Å². The van der Waals surface area contributed by atoms with Crippen LogP contribution in [0.4, 0.5) is 5.69 Å². The van der Waals surface area contributed by atoms with Gasteiger partial charge in [0, 0.05) is 6.07 Å². The van der Waals surface area contributed by atoms with Crippen LogP contribution < -0.4 is 10.5 Å². The van der Waals surface area contributed by atoms with E-state index in [0.29, 0.717) is 16.8 Å². The molecule has 1 saturated carbocycles. The third-order valence-electron chi connectivity index (χ3n) is 1.79. The molecule has 0 aliphatic heterocycles. The lowest BCUT2D eigenvalue weighted by Crippen LogP contribution is -1.96. The van der Waals surface area contributed by atoms with Crippen LogP contribution in [0.2, 0.25) is 5.02 Å². The first kappa shape index (κ1) is 7.74. The van der Waals surface area contributed by atoms with Crippen LogP contribution in [-0.4, -0.2) is 6.10 Å². The molecule has 2 nitrogen and oxygen atoms in total. The topological polar surface area (TPSA) is 35.2 Å². The maximum atomic E-state index is 5.75. The highest BCUT2D eigenvalue weighted by atomic mass is 35.5. The van der Waals surface area contributed by atoms with Crippen LogP contribution in [0.3, 0.4) is 0 Å². The summed E-state index contributed by atoms with van der Waals surface area (Å²) in [6, 6.07) is 5.37. The fourth-order valence-corrected chi connectivity index (χ4v) is 1.09. The molecule has 0 bridgehead atoms. The maximum absolute atomic E-state index is 5.75. The van der Waals surface area contributed by atoms with E-state index in [0.717, 1.165) is 18.6 Å². The molecule has 1 aromatic rings. The van der Waals surface area contributed by atoms with Crippen LogP contribution in [0.25, 0.3) is 0 Å². The highest BCUT2D eigenvalue weighted by Crippen LogP contribution is 2.30. The predicted molar refractivity (Wildman–Crippen MR) is 49.5 cm³/mol. The van der Waals surface area contributed by atoms with Gasteiger partial charge in [-0.3, -0.25) is 0 Å². The van der Waals surface area contributed by atoms with E-state index < -0.39 is 0 Å². The molecule has 1 aliphatic rings. The van der Waals surface area contributed by atoms with Crippen LogP contribution >= 0.6 is 11.6 Å². The molecule has 12 heavy (non-hydrogen) atoms. The van der Waals surface area contributed by atoms with Gasteiger partial charge in [-0.2, -0.15) is 0 Å². The zero-order chi connectivity index (χ0) is 8.55. The summed E-state index contributed by atoms with van der Waals surface area (Å²) < 4.78 is 5.52. The van der Waals surface area contributed by atoms with Gasteiger partial charge in [-0.05, 0) is 25.0 Å². The van der Waals surface area contributed by atoms with Crippen molar-refractivity contribution in [1.82, 2.24) is 0 Å². The molecule has 0 saturated heterocycles. The molecule has 2 N–H and O–H groups in total. The number of hydrogen-bond acceptors (Lipinski definition) is 2. The van der Waals surface area contributed by atoms with E-state index >= 15 is 0 Å². The van der Waals surface area contributed by atoms with E-state index in [1.165, 1.54) is 0 Å². The van der Waals surface area contributed by atoms with Gasteiger partial charge >= 0.3 is 0 Å². The Morgan fingerprint density at radius 3 is 2.75 bits per heavy atom. The summed E-state index contributed by atoms with van der Waals surface area (Å²) in [5.41, 5.74) is 6.18. The molecule has 0 unspecified atom stereocenters. The normalized spacial score (nSPS) is 16.1. The Balaban J connectivity index is 2.15. The quantitative estimate of drug-likeness (QED) is 0.715. The molecule has 1 aliphatic carbocycles. The van der Waals surface area contributed by atoms with Gasteiger partial charge in [-0.15, -0.1) is 0 Å². The second-order valence-corrected chi connectivity index (χ2v) is 3.41. The average molecular weight is 184 g/mol. The van der Waals surface area contributed by atoms with Crippen molar-refractivity contribution in [2.45, 2.75) is 18.9 Å². The number of hydrogen-bond donors (Lipinski definition) is 1.